The molecule has 16 heteroatoms. The summed E-state index contributed by atoms with van der Waals surface area (Å²) in [5, 5.41) is 7.40. The van der Waals surface area contributed by atoms with Crippen molar-refractivity contribution < 1.29 is 32.5 Å². The van der Waals surface area contributed by atoms with E-state index < -0.39 is 19.5 Å². The van der Waals surface area contributed by atoms with Crippen LogP contribution in [0.3, 0.4) is 0 Å². The molecule has 2 aromatic rings. The van der Waals surface area contributed by atoms with Crippen LogP contribution in [0.1, 0.15) is 10.5 Å². The van der Waals surface area contributed by atoms with Gasteiger partial charge in [-0.2, -0.15) is 4.68 Å². The molecule has 13 nitrogen and oxygen atoms in total. The van der Waals surface area contributed by atoms with Gasteiger partial charge in [-0.1, -0.05) is 26.8 Å². The fraction of sp³-hybridized carbons (Fsp3) is 0.667. The molecule has 0 N–H and O–H groups in total. The van der Waals surface area contributed by atoms with Crippen molar-refractivity contribution in [2.45, 2.75) is 0 Å². The maximum absolute atomic E-state index is 12.1. The highest BCUT2D eigenvalue weighted by Gasteiger charge is 2.18. The lowest BCUT2D eigenvalue weighted by Gasteiger charge is -2.27. The van der Waals surface area contributed by atoms with E-state index in [9.17, 15) is 19.0 Å². The number of esters is 1. The minimum absolute atomic E-state index is 0.0170. The van der Waals surface area contributed by atoms with E-state index in [0.717, 1.165) is 9.08 Å². The zero-order chi connectivity index (χ0) is 23.1. The summed E-state index contributed by atoms with van der Waals surface area (Å²) in [6.07, 6.45) is 1.19. The van der Waals surface area contributed by atoms with Gasteiger partial charge in [0.15, 0.2) is 11.3 Å². The summed E-state index contributed by atoms with van der Waals surface area (Å²) < 4.78 is 29.1. The van der Waals surface area contributed by atoms with Crippen LogP contribution in [0.4, 0.5) is 0 Å². The quantitative estimate of drug-likeness (QED) is 0.116. The van der Waals surface area contributed by atoms with E-state index in [1.807, 2.05) is 21.1 Å². The predicted molar refractivity (Wildman–Crippen MR) is 114 cm³/mol. The lowest BCUT2D eigenvalue weighted by atomic mass is 10.4. The molecule has 0 saturated carbocycles. The molecule has 0 aliphatic rings. The molecule has 0 fully saturated rings. The van der Waals surface area contributed by atoms with Crippen molar-refractivity contribution in [3.05, 3.63) is 22.5 Å². The van der Waals surface area contributed by atoms with Crippen LogP contribution in [0, 0.1) is 0 Å². The summed E-state index contributed by atoms with van der Waals surface area (Å²) in [6, 6.07) is 0. The second kappa shape index (κ2) is 11.4. The van der Waals surface area contributed by atoms with E-state index >= 15 is 0 Å². The molecule has 2 aromatic heterocycles. The van der Waals surface area contributed by atoms with E-state index in [1.165, 1.54) is 35.0 Å². The standard InChI is InChI=1S/C15H25N6O7PS2/c1-19-15(23)20-11-16-12(13(20)17-18-19)14(22)26-7-9-30-31-10-8-28-29(24,25)27-6-5-21(2,3)4/h11H,5-10H2,1-4H3. The Balaban J connectivity index is 1.60. The van der Waals surface area contributed by atoms with Gasteiger partial charge in [-0.15, -0.1) is 5.10 Å². The zero-order valence-corrected chi connectivity index (χ0v) is 20.2. The summed E-state index contributed by atoms with van der Waals surface area (Å²) in [4.78, 5) is 39.5. The molecule has 174 valence electrons. The minimum Gasteiger partial charge on any atom is -0.756 e. The van der Waals surface area contributed by atoms with Crippen LogP contribution in [0.25, 0.3) is 5.65 Å². The number of fused-ring (bicyclic) bond motifs is 1. The van der Waals surface area contributed by atoms with Crippen LogP contribution >= 0.6 is 29.4 Å². The van der Waals surface area contributed by atoms with E-state index in [0.29, 0.717) is 22.5 Å². The van der Waals surface area contributed by atoms with E-state index in [-0.39, 0.29) is 31.2 Å². The van der Waals surface area contributed by atoms with Crippen LogP contribution in [0.5, 0.6) is 0 Å². The number of phosphoric acid groups is 1. The molecular weight excluding hydrogens is 471 g/mol. The number of ether oxygens (including phenoxy) is 1. The number of carbonyl (C=O) groups excluding carboxylic acids is 1. The van der Waals surface area contributed by atoms with Gasteiger partial charge in [0.05, 0.1) is 27.7 Å². The molecule has 0 aliphatic carbocycles. The fourth-order valence-electron chi connectivity index (χ4n) is 2.03. The monoisotopic (exact) mass is 496 g/mol. The third-order valence-electron chi connectivity index (χ3n) is 3.60. The van der Waals surface area contributed by atoms with Crippen molar-refractivity contribution in [2.75, 3.05) is 59.0 Å². The van der Waals surface area contributed by atoms with E-state index in [1.54, 1.807) is 0 Å². The van der Waals surface area contributed by atoms with Crippen molar-refractivity contribution in [1.29, 1.82) is 0 Å². The van der Waals surface area contributed by atoms with Crippen molar-refractivity contribution in [3.8, 4) is 0 Å². The topological polar surface area (TPSA) is 150 Å². The van der Waals surface area contributed by atoms with Gasteiger partial charge in [-0.05, 0) is 0 Å². The van der Waals surface area contributed by atoms with Crippen molar-refractivity contribution in [2.24, 2.45) is 7.05 Å². The van der Waals surface area contributed by atoms with E-state index in [2.05, 4.69) is 15.3 Å². The number of aryl methyl sites for hydroxylation is 1. The maximum atomic E-state index is 12.1. The lowest BCUT2D eigenvalue weighted by molar-refractivity contribution is -0.870. The van der Waals surface area contributed by atoms with Crippen molar-refractivity contribution >= 4 is 41.0 Å². The largest absolute Gasteiger partial charge is 0.756 e. The lowest BCUT2D eigenvalue weighted by Crippen LogP contribution is -2.37. The number of phosphoric ester groups is 1. The molecular formula is C15H25N6O7PS2. The Hall–Kier alpha value is -1.48. The summed E-state index contributed by atoms with van der Waals surface area (Å²) >= 11 is 0. The first-order valence-corrected chi connectivity index (χ1v) is 13.0. The molecule has 0 aliphatic heterocycles. The molecule has 2 heterocycles. The average Bonchev–Trinajstić information content (AvgIpc) is 3.10. The molecule has 0 spiro atoms. The Bertz CT molecular complexity index is 992. The SMILES string of the molecule is Cn1nnc2c(C(=O)OCCSSCCOP(=O)([O-])OCC[N+](C)(C)C)ncn2c1=O. The Morgan fingerprint density at radius 1 is 1.19 bits per heavy atom. The number of imidazole rings is 1. The Morgan fingerprint density at radius 3 is 2.52 bits per heavy atom. The highest BCUT2D eigenvalue weighted by atomic mass is 33.1. The predicted octanol–water partition coefficient (Wildman–Crippen LogP) is -0.431. The highest BCUT2D eigenvalue weighted by Crippen LogP contribution is 2.38. The summed E-state index contributed by atoms with van der Waals surface area (Å²) in [5.41, 5.74) is -0.544. The average molecular weight is 497 g/mol. The van der Waals surface area contributed by atoms with Crippen LogP contribution in [-0.2, 0) is 25.4 Å². The van der Waals surface area contributed by atoms with Crippen LogP contribution in [0.2, 0.25) is 0 Å². The third-order valence-corrected chi connectivity index (χ3v) is 6.93. The minimum atomic E-state index is -4.30. The summed E-state index contributed by atoms with van der Waals surface area (Å²) in [5.74, 6) is 0.163. The second-order valence-electron chi connectivity index (χ2n) is 7.19. The molecule has 0 aromatic carbocycles. The first-order chi connectivity index (χ1) is 14.5. The van der Waals surface area contributed by atoms with Gasteiger partial charge < -0.3 is 23.2 Å². The van der Waals surface area contributed by atoms with Gasteiger partial charge >= 0.3 is 11.7 Å². The van der Waals surface area contributed by atoms with Gasteiger partial charge in [0.25, 0.3) is 7.82 Å². The van der Waals surface area contributed by atoms with Gasteiger partial charge in [-0.3, -0.25) is 4.57 Å². The Labute approximate surface area is 186 Å². The number of hydrogen-bond acceptors (Lipinski definition) is 12. The van der Waals surface area contributed by atoms with Crippen molar-refractivity contribution in [1.82, 2.24) is 24.4 Å². The molecule has 31 heavy (non-hydrogen) atoms. The number of carbonyl (C=O) groups is 1. The smallest absolute Gasteiger partial charge is 0.361 e. The number of likely N-dealkylation sites (N-methyl/N-ethyl adjacent to an activating group) is 1. The number of rotatable bonds is 13. The molecule has 0 amide bonds. The molecule has 1 unspecified atom stereocenters. The first kappa shape index (κ1) is 25.8. The number of hydrogen-bond donors (Lipinski definition) is 0. The van der Waals surface area contributed by atoms with E-state index in [4.69, 9.17) is 13.8 Å². The van der Waals surface area contributed by atoms with Gasteiger partial charge in [-0.25, -0.2) is 19.0 Å². The molecule has 0 saturated heterocycles. The summed E-state index contributed by atoms with van der Waals surface area (Å²) in [7, 11) is 5.68. The Morgan fingerprint density at radius 2 is 1.84 bits per heavy atom. The maximum Gasteiger partial charge on any atom is 0.361 e. The third kappa shape index (κ3) is 8.52. The van der Waals surface area contributed by atoms with Gasteiger partial charge in [0.1, 0.15) is 26.1 Å². The normalized spacial score (nSPS) is 14.0. The number of quaternary nitrogens is 1. The van der Waals surface area contributed by atoms with Crippen LogP contribution in [0.15, 0.2) is 11.1 Å². The first-order valence-electron chi connectivity index (χ1n) is 9.09. The van der Waals surface area contributed by atoms with Crippen molar-refractivity contribution in [3.63, 3.8) is 0 Å². The Kier molecular flexibility index (Phi) is 9.48. The van der Waals surface area contributed by atoms with Gasteiger partial charge in [0, 0.05) is 18.6 Å². The molecule has 0 bridgehead atoms. The molecule has 2 rings (SSSR count). The zero-order valence-electron chi connectivity index (χ0n) is 17.6. The van der Waals surface area contributed by atoms with Crippen LogP contribution in [-0.4, -0.2) is 93.8 Å². The highest BCUT2D eigenvalue weighted by molar-refractivity contribution is 8.76. The summed E-state index contributed by atoms with van der Waals surface area (Å²) in [6.45, 7) is 0.681. The molecule has 1 atom stereocenters. The molecule has 0 radical (unpaired) electrons. The fourth-order valence-corrected chi connectivity index (χ4v) is 4.50. The number of nitrogens with zero attached hydrogens (tertiary/aromatic N) is 6. The second-order valence-corrected chi connectivity index (χ2v) is 11.3. The number of aromatic nitrogens is 5. The van der Waals surface area contributed by atoms with Crippen LogP contribution < -0.4 is 10.6 Å². The van der Waals surface area contributed by atoms with Gasteiger partial charge in [0.2, 0.25) is 0 Å².